The predicted molar refractivity (Wildman–Crippen MR) is 82.5 cm³/mol. The molecule has 1 N–H and O–H groups in total. The summed E-state index contributed by atoms with van der Waals surface area (Å²) >= 11 is 0. The molecule has 4 aliphatic rings. The van der Waals surface area contributed by atoms with Gasteiger partial charge in [-0.1, -0.05) is 18.2 Å². The van der Waals surface area contributed by atoms with Crippen LogP contribution >= 0.6 is 0 Å². The minimum Gasteiger partial charge on any atom is -0.493 e. The number of rotatable bonds is 2. The molecular formula is C18H21NO3. The molecule has 5 rings (SSSR count). The van der Waals surface area contributed by atoms with Gasteiger partial charge in [0.1, 0.15) is 12.2 Å². The molecule has 116 valence electrons. The summed E-state index contributed by atoms with van der Waals surface area (Å²) in [5, 5.41) is 4.83. The van der Waals surface area contributed by atoms with Crippen molar-refractivity contribution < 1.29 is 17.3 Å². The van der Waals surface area contributed by atoms with Gasteiger partial charge >= 0.3 is 0 Å². The Morgan fingerprint density at radius 3 is 3.23 bits per heavy atom. The molecule has 1 saturated heterocycles. The number of methoxy groups -OCH3 is 1. The number of piperidine rings is 1. The highest BCUT2D eigenvalue weighted by atomic mass is 16.5. The molecule has 4 heteroatoms. The lowest BCUT2D eigenvalue weighted by atomic mass is 9.53. The Morgan fingerprint density at radius 1 is 1.50 bits per heavy atom. The Hall–Kier alpha value is -1.52. The van der Waals surface area contributed by atoms with Crippen LogP contribution in [0.1, 0.15) is 20.3 Å². The number of hydrogen-bond acceptors (Lipinski definition) is 4. The molecule has 0 amide bonds. The zero-order valence-electron chi connectivity index (χ0n) is 15.8. The number of ether oxygens (including phenoxy) is 2. The molecule has 1 aromatic carbocycles. The van der Waals surface area contributed by atoms with Gasteiger partial charge in [-0.15, -0.1) is 0 Å². The first kappa shape index (κ1) is 10.3. The van der Waals surface area contributed by atoms with E-state index in [0.29, 0.717) is 17.9 Å². The molecule has 0 aromatic heterocycles. The average Bonchev–Trinajstić information content (AvgIpc) is 2.97. The number of hydrogen-bond donors (Lipinski definition) is 1. The Morgan fingerprint density at radius 2 is 2.41 bits per heavy atom. The summed E-state index contributed by atoms with van der Waals surface area (Å²) in [4.78, 5) is 2.24. The molecule has 1 aromatic rings. The second-order valence-electron chi connectivity index (χ2n) is 6.74. The van der Waals surface area contributed by atoms with Crippen LogP contribution in [0.25, 0.3) is 0 Å². The van der Waals surface area contributed by atoms with Gasteiger partial charge in [-0.25, -0.2) is 0 Å². The van der Waals surface area contributed by atoms with Gasteiger partial charge in [0.05, 0.1) is 8.48 Å². The van der Waals surface area contributed by atoms with Crippen molar-refractivity contribution in [3.05, 3.63) is 35.4 Å². The molecule has 0 radical (unpaired) electrons. The number of likely N-dealkylation sites (N-methyl/N-ethyl adjacent to an activating group) is 1. The maximum absolute atomic E-state index is 9.44. The van der Waals surface area contributed by atoms with Crippen LogP contribution in [0, 0.1) is 5.89 Å². The van der Waals surface area contributed by atoms with Crippen LogP contribution < -0.4 is 9.47 Å². The highest BCUT2D eigenvalue weighted by Crippen LogP contribution is 2.62. The number of likely N-dealkylation sites (tertiary alicyclic amines) is 1. The Labute approximate surface area is 134 Å². The summed E-state index contributed by atoms with van der Waals surface area (Å²) in [5.74, 6) is 0.329. The molecular weight excluding hydrogens is 278 g/mol. The fourth-order valence-electron chi connectivity index (χ4n) is 4.92. The highest BCUT2D eigenvalue weighted by Gasteiger charge is 2.64. The van der Waals surface area contributed by atoms with Gasteiger partial charge in [-0.05, 0) is 38.1 Å². The van der Waals surface area contributed by atoms with E-state index in [4.69, 9.17) is 17.4 Å². The smallest absolute Gasteiger partial charge is 0.211 e. The van der Waals surface area contributed by atoms with Gasteiger partial charge in [0.25, 0.3) is 0 Å². The largest absolute Gasteiger partial charge is 0.493 e. The summed E-state index contributed by atoms with van der Waals surface area (Å²) in [7, 11) is 3.66. The molecule has 2 unspecified atom stereocenters. The van der Waals surface area contributed by atoms with Gasteiger partial charge in [0.2, 0.25) is 1.43 Å². The van der Waals surface area contributed by atoms with Crippen LogP contribution in [0.3, 0.4) is 0 Å². The van der Waals surface area contributed by atoms with Crippen LogP contribution in [-0.2, 0) is 11.8 Å². The molecule has 2 aliphatic heterocycles. The second-order valence-corrected chi connectivity index (χ2v) is 6.74. The van der Waals surface area contributed by atoms with E-state index in [0.717, 1.165) is 24.1 Å². The fraction of sp³-hybridized carbons (Fsp3) is 0.556. The van der Waals surface area contributed by atoms with Crippen LogP contribution in [0.5, 0.6) is 11.5 Å². The topological polar surface area (TPSA) is 41.9 Å². The van der Waals surface area contributed by atoms with Crippen LogP contribution in [0.2, 0.25) is 0 Å². The Bertz CT molecular complexity index is 802. The number of nitrogens with zero attached hydrogens (tertiary/aromatic N) is 1. The molecule has 1 spiro atoms. The first-order valence-corrected chi connectivity index (χ1v) is 7.83. The third-order valence-electron chi connectivity index (χ3n) is 5.92. The summed E-state index contributed by atoms with van der Waals surface area (Å²) < 4.78 is 37.4. The molecule has 2 heterocycles. The van der Waals surface area contributed by atoms with Gasteiger partial charge in [-0.3, -0.25) is 0 Å². The van der Waals surface area contributed by atoms with E-state index in [1.54, 1.807) is 13.2 Å². The van der Waals surface area contributed by atoms with Gasteiger partial charge < -0.3 is 19.5 Å². The van der Waals surface area contributed by atoms with Crippen molar-refractivity contribution in [2.45, 2.75) is 36.5 Å². The monoisotopic (exact) mass is 302 g/mol. The molecule has 22 heavy (non-hydrogen) atoms. The standard InChI is InChI=1S/C18H21NO3/c1-19-8-7-18-11-4-5-13(20)17(18)22-16-14(21-2)6-3-10(15(16)18)9-12(11)19/h3-6,11-13,17,20H,7-9H2,1-2H3/t11-,12+,13?,17?,18-/m0/s1/i11D,13D,20D. The summed E-state index contributed by atoms with van der Waals surface area (Å²) in [6.45, 7) is 0.823. The molecule has 4 nitrogen and oxygen atoms in total. The lowest BCUT2D eigenvalue weighted by molar-refractivity contribution is -0.0453. The molecule has 2 aliphatic carbocycles. The highest BCUT2D eigenvalue weighted by molar-refractivity contribution is 5.62. The lowest BCUT2D eigenvalue weighted by Crippen LogP contribution is -2.64. The molecule has 5 atom stereocenters. The minimum absolute atomic E-state index is 0.00530. The summed E-state index contributed by atoms with van der Waals surface area (Å²) in [5.41, 5.74) is 1.45. The summed E-state index contributed by atoms with van der Waals surface area (Å²) in [6.07, 6.45) is 2.40. The minimum atomic E-state index is -1.64. The van der Waals surface area contributed by atoms with Gasteiger partial charge in [0.15, 0.2) is 11.5 Å². The third kappa shape index (κ3) is 1.28. The van der Waals surface area contributed by atoms with Crippen molar-refractivity contribution in [1.82, 2.24) is 4.90 Å². The van der Waals surface area contributed by atoms with E-state index in [2.05, 4.69) is 18.0 Å². The van der Waals surface area contributed by atoms with Crippen LogP contribution in [-0.4, -0.2) is 50.4 Å². The van der Waals surface area contributed by atoms with E-state index in [1.165, 1.54) is 6.08 Å². The Balaban J connectivity index is 1.87. The predicted octanol–water partition coefficient (Wildman–Crippen LogP) is 1.50. The maximum atomic E-state index is 9.44. The number of benzene rings is 1. The first-order valence-electron chi connectivity index (χ1n) is 9.24. The molecule has 1 fully saturated rings. The van der Waals surface area contributed by atoms with Crippen molar-refractivity contribution in [1.29, 1.82) is 1.43 Å². The fourth-order valence-corrected chi connectivity index (χ4v) is 4.92. The number of aliphatic hydroxyl groups is 1. The van der Waals surface area contributed by atoms with Crippen molar-refractivity contribution in [2.24, 2.45) is 5.89 Å². The van der Waals surface area contributed by atoms with E-state index in [-0.39, 0.29) is 6.04 Å². The maximum Gasteiger partial charge on any atom is 0.211 e. The van der Waals surface area contributed by atoms with E-state index in [1.807, 2.05) is 6.07 Å². The van der Waals surface area contributed by atoms with Crippen LogP contribution in [0.4, 0.5) is 0 Å². The van der Waals surface area contributed by atoms with Crippen molar-refractivity contribution >= 4 is 0 Å². The van der Waals surface area contributed by atoms with Gasteiger partial charge in [-0.2, -0.15) is 0 Å². The lowest BCUT2D eigenvalue weighted by Gasteiger charge is -2.56. The zero-order chi connectivity index (χ0) is 17.6. The van der Waals surface area contributed by atoms with Crippen molar-refractivity contribution in [3.8, 4) is 11.5 Å². The summed E-state index contributed by atoms with van der Waals surface area (Å²) in [6, 6.07) is 3.96. The average molecular weight is 302 g/mol. The second kappa shape index (κ2) is 4.06. The normalized spacial score (nSPS) is 49.6. The Kier molecular flexibility index (Phi) is 1.90. The van der Waals surface area contributed by atoms with E-state index in [9.17, 15) is 1.37 Å². The molecule has 2 bridgehead atoms. The molecule has 0 saturated carbocycles. The van der Waals surface area contributed by atoms with Crippen LogP contribution in [0.15, 0.2) is 24.3 Å². The van der Waals surface area contributed by atoms with E-state index < -0.39 is 23.5 Å². The first-order chi connectivity index (χ1) is 11.9. The van der Waals surface area contributed by atoms with Crippen molar-refractivity contribution in [2.75, 3.05) is 20.7 Å². The quantitative estimate of drug-likeness (QED) is 0.841. The third-order valence-corrected chi connectivity index (χ3v) is 5.92. The van der Waals surface area contributed by atoms with E-state index >= 15 is 0 Å². The van der Waals surface area contributed by atoms with Gasteiger partial charge in [0, 0.05) is 24.3 Å². The zero-order valence-corrected chi connectivity index (χ0v) is 12.8. The van der Waals surface area contributed by atoms with Crippen molar-refractivity contribution in [3.63, 3.8) is 0 Å². The SMILES string of the molecule is [2H]OC1([2H])C=C[C@@]2([2H])[C@H]3Cc4ccc(OC)c5c4[C@@]2(CCN3C)C1O5.